The first kappa shape index (κ1) is 11.9. The lowest BCUT2D eigenvalue weighted by Crippen LogP contribution is -2.13. The summed E-state index contributed by atoms with van der Waals surface area (Å²) in [6, 6.07) is 5.85. The van der Waals surface area contributed by atoms with Crippen molar-refractivity contribution in [2.45, 2.75) is 20.3 Å². The van der Waals surface area contributed by atoms with Gasteiger partial charge in [-0.15, -0.1) is 0 Å². The summed E-state index contributed by atoms with van der Waals surface area (Å²) in [4.78, 5) is 0. The summed E-state index contributed by atoms with van der Waals surface area (Å²) in [6.45, 7) is 5.29. The van der Waals surface area contributed by atoms with Crippen LogP contribution in [0.2, 0.25) is 0 Å². The molecule has 84 valence electrons. The molecule has 3 heteroatoms. The molecule has 0 amide bonds. The number of rotatable bonds is 5. The monoisotopic (exact) mass is 208 g/mol. The fourth-order valence-electron chi connectivity index (χ4n) is 1.49. The third kappa shape index (κ3) is 3.80. The van der Waals surface area contributed by atoms with E-state index >= 15 is 0 Å². The Balaban J connectivity index is 2.50. The summed E-state index contributed by atoms with van der Waals surface area (Å²) in [7, 11) is 0. The van der Waals surface area contributed by atoms with Crippen molar-refractivity contribution in [3.05, 3.63) is 23.8 Å². The molecule has 1 rings (SSSR count). The molecule has 0 spiro atoms. The van der Waals surface area contributed by atoms with E-state index in [0.29, 0.717) is 5.92 Å². The van der Waals surface area contributed by atoms with Gasteiger partial charge in [-0.25, -0.2) is 0 Å². The maximum atomic E-state index is 8.78. The minimum absolute atomic E-state index is 0.254. The van der Waals surface area contributed by atoms with Crippen LogP contribution in [-0.2, 0) is 0 Å². The standard InChI is InChI=1S/C12H20N2O/c1-9(5-6-15)8-14-12-4-3-11(13)7-10(12)2/h3-4,7,9,14-15H,5-6,8,13H2,1-2H3. The van der Waals surface area contributed by atoms with Gasteiger partial charge in [-0.2, -0.15) is 0 Å². The summed E-state index contributed by atoms with van der Waals surface area (Å²) >= 11 is 0. The maximum Gasteiger partial charge on any atom is 0.0434 e. The number of nitrogens with one attached hydrogen (secondary N) is 1. The van der Waals surface area contributed by atoms with Gasteiger partial charge < -0.3 is 16.2 Å². The van der Waals surface area contributed by atoms with Crippen LogP contribution in [0, 0.1) is 12.8 Å². The summed E-state index contributed by atoms with van der Waals surface area (Å²) in [5, 5.41) is 12.1. The summed E-state index contributed by atoms with van der Waals surface area (Å²) in [6.07, 6.45) is 0.834. The molecule has 4 N–H and O–H groups in total. The zero-order valence-corrected chi connectivity index (χ0v) is 9.46. The quantitative estimate of drug-likeness (QED) is 0.649. The van der Waals surface area contributed by atoms with E-state index in [-0.39, 0.29) is 6.61 Å². The number of aryl methyl sites for hydroxylation is 1. The molecular formula is C12H20N2O. The van der Waals surface area contributed by atoms with Crippen molar-refractivity contribution in [1.82, 2.24) is 0 Å². The molecule has 0 bridgehead atoms. The largest absolute Gasteiger partial charge is 0.399 e. The molecule has 1 atom stereocenters. The highest BCUT2D eigenvalue weighted by molar-refractivity contribution is 5.57. The Hall–Kier alpha value is -1.22. The van der Waals surface area contributed by atoms with Gasteiger partial charge in [0.25, 0.3) is 0 Å². The minimum atomic E-state index is 0.254. The average Bonchev–Trinajstić information content (AvgIpc) is 2.17. The normalized spacial score (nSPS) is 12.5. The molecule has 1 unspecified atom stereocenters. The fraction of sp³-hybridized carbons (Fsp3) is 0.500. The number of hydrogen-bond acceptors (Lipinski definition) is 3. The number of hydrogen-bond donors (Lipinski definition) is 3. The molecular weight excluding hydrogens is 188 g/mol. The predicted octanol–water partition coefficient (Wildman–Crippen LogP) is 2.01. The summed E-state index contributed by atoms with van der Waals surface area (Å²) in [5.41, 5.74) is 8.74. The van der Waals surface area contributed by atoms with Crippen molar-refractivity contribution in [3.63, 3.8) is 0 Å². The van der Waals surface area contributed by atoms with Crippen LogP contribution >= 0.6 is 0 Å². The fourth-order valence-corrected chi connectivity index (χ4v) is 1.49. The molecule has 0 heterocycles. The van der Waals surface area contributed by atoms with Crippen molar-refractivity contribution in [2.24, 2.45) is 5.92 Å². The zero-order chi connectivity index (χ0) is 11.3. The number of benzene rings is 1. The van der Waals surface area contributed by atoms with Crippen LogP contribution in [0.5, 0.6) is 0 Å². The van der Waals surface area contributed by atoms with Crippen LogP contribution in [0.15, 0.2) is 18.2 Å². The van der Waals surface area contributed by atoms with E-state index in [1.807, 2.05) is 25.1 Å². The lowest BCUT2D eigenvalue weighted by Gasteiger charge is -2.14. The van der Waals surface area contributed by atoms with Gasteiger partial charge in [-0.05, 0) is 43.0 Å². The van der Waals surface area contributed by atoms with E-state index in [0.717, 1.165) is 29.9 Å². The van der Waals surface area contributed by atoms with Crippen molar-refractivity contribution in [1.29, 1.82) is 0 Å². The van der Waals surface area contributed by atoms with Gasteiger partial charge >= 0.3 is 0 Å². The van der Waals surface area contributed by atoms with E-state index in [2.05, 4.69) is 12.2 Å². The first-order chi connectivity index (χ1) is 7.13. The minimum Gasteiger partial charge on any atom is -0.399 e. The topological polar surface area (TPSA) is 58.3 Å². The zero-order valence-electron chi connectivity index (χ0n) is 9.46. The number of nitrogens with two attached hydrogens (primary N) is 1. The molecule has 0 radical (unpaired) electrons. The Morgan fingerprint density at radius 3 is 2.80 bits per heavy atom. The first-order valence-corrected chi connectivity index (χ1v) is 5.34. The molecule has 0 saturated heterocycles. The van der Waals surface area contributed by atoms with Crippen LogP contribution < -0.4 is 11.1 Å². The van der Waals surface area contributed by atoms with Crippen molar-refractivity contribution in [3.8, 4) is 0 Å². The van der Waals surface area contributed by atoms with Crippen LogP contribution in [0.4, 0.5) is 11.4 Å². The van der Waals surface area contributed by atoms with Crippen molar-refractivity contribution < 1.29 is 5.11 Å². The number of aliphatic hydroxyl groups excluding tert-OH is 1. The molecule has 1 aromatic rings. The highest BCUT2D eigenvalue weighted by Gasteiger charge is 2.02. The van der Waals surface area contributed by atoms with Gasteiger partial charge in [-0.3, -0.25) is 0 Å². The van der Waals surface area contributed by atoms with Gasteiger partial charge in [0, 0.05) is 24.5 Å². The van der Waals surface area contributed by atoms with Crippen LogP contribution in [0.3, 0.4) is 0 Å². The molecule has 0 aliphatic carbocycles. The molecule has 0 aromatic heterocycles. The number of nitrogen functional groups attached to an aromatic ring is 1. The number of anilines is 2. The van der Waals surface area contributed by atoms with E-state index < -0.39 is 0 Å². The summed E-state index contributed by atoms with van der Waals surface area (Å²) in [5.74, 6) is 0.479. The van der Waals surface area contributed by atoms with Crippen LogP contribution in [0.1, 0.15) is 18.9 Å². The second-order valence-corrected chi connectivity index (χ2v) is 4.07. The Bertz CT molecular complexity index is 312. The second kappa shape index (κ2) is 5.61. The van der Waals surface area contributed by atoms with Crippen LogP contribution in [-0.4, -0.2) is 18.3 Å². The second-order valence-electron chi connectivity index (χ2n) is 4.07. The van der Waals surface area contributed by atoms with E-state index in [1.165, 1.54) is 0 Å². The highest BCUT2D eigenvalue weighted by Crippen LogP contribution is 2.18. The van der Waals surface area contributed by atoms with E-state index in [9.17, 15) is 0 Å². The van der Waals surface area contributed by atoms with Gasteiger partial charge in [0.05, 0.1) is 0 Å². The third-order valence-corrected chi connectivity index (χ3v) is 2.51. The highest BCUT2D eigenvalue weighted by atomic mass is 16.3. The molecule has 0 saturated carbocycles. The third-order valence-electron chi connectivity index (χ3n) is 2.51. The Morgan fingerprint density at radius 2 is 2.20 bits per heavy atom. The lowest BCUT2D eigenvalue weighted by atomic mass is 10.1. The first-order valence-electron chi connectivity index (χ1n) is 5.34. The Labute approximate surface area is 91.3 Å². The molecule has 0 aliphatic heterocycles. The van der Waals surface area contributed by atoms with Gasteiger partial charge in [0.1, 0.15) is 0 Å². The van der Waals surface area contributed by atoms with Crippen LogP contribution in [0.25, 0.3) is 0 Å². The smallest absolute Gasteiger partial charge is 0.0434 e. The summed E-state index contributed by atoms with van der Waals surface area (Å²) < 4.78 is 0. The SMILES string of the molecule is Cc1cc(N)ccc1NCC(C)CCO. The molecule has 3 nitrogen and oxygen atoms in total. The average molecular weight is 208 g/mol. The van der Waals surface area contributed by atoms with Crippen molar-refractivity contribution in [2.75, 3.05) is 24.2 Å². The van der Waals surface area contributed by atoms with Crippen molar-refractivity contribution >= 4 is 11.4 Å². The van der Waals surface area contributed by atoms with E-state index in [4.69, 9.17) is 10.8 Å². The van der Waals surface area contributed by atoms with E-state index in [1.54, 1.807) is 0 Å². The predicted molar refractivity (Wildman–Crippen MR) is 64.9 cm³/mol. The number of aliphatic hydroxyl groups is 1. The molecule has 0 aliphatic rings. The van der Waals surface area contributed by atoms with Gasteiger partial charge in [0.2, 0.25) is 0 Å². The maximum absolute atomic E-state index is 8.78. The molecule has 1 aromatic carbocycles. The Kier molecular flexibility index (Phi) is 4.43. The van der Waals surface area contributed by atoms with Gasteiger partial charge in [0.15, 0.2) is 0 Å². The molecule has 0 fully saturated rings. The molecule has 15 heavy (non-hydrogen) atoms. The van der Waals surface area contributed by atoms with Gasteiger partial charge in [-0.1, -0.05) is 6.92 Å². The Morgan fingerprint density at radius 1 is 1.47 bits per heavy atom. The lowest BCUT2D eigenvalue weighted by molar-refractivity contribution is 0.266.